The Hall–Kier alpha value is -5.93. The number of nitriles is 1. The van der Waals surface area contributed by atoms with Crippen molar-refractivity contribution in [2.45, 2.75) is 88.8 Å². The van der Waals surface area contributed by atoms with Gasteiger partial charge in [-0.1, -0.05) is 6.07 Å². The van der Waals surface area contributed by atoms with Crippen LogP contribution in [0.5, 0.6) is 5.75 Å². The number of fused-ring (bicyclic) bond motifs is 1. The molecule has 8 rings (SSSR count). The van der Waals surface area contributed by atoms with E-state index in [2.05, 4.69) is 15.5 Å². The first kappa shape index (κ1) is 40.8. The van der Waals surface area contributed by atoms with E-state index < -0.39 is 58.4 Å². The van der Waals surface area contributed by atoms with Crippen molar-refractivity contribution in [3.8, 4) is 11.8 Å². The number of hydrogen-bond donors (Lipinski definition) is 2. The minimum Gasteiger partial charge on any atom is -0.490 e. The molecule has 14 nitrogen and oxygen atoms in total. The Kier molecular flexibility index (Phi) is 10.6. The van der Waals surface area contributed by atoms with Gasteiger partial charge in [0.05, 0.1) is 34.0 Å². The lowest BCUT2D eigenvalue weighted by atomic mass is 9.88. The van der Waals surface area contributed by atoms with E-state index in [1.165, 1.54) is 6.07 Å². The maximum atomic E-state index is 13.7. The average molecular weight is 843 g/mol. The molecule has 1 atom stereocenters. The molecule has 1 aliphatic carbocycles. The minimum atomic E-state index is -4.78. The molecular weight excluding hydrogens is 802 g/mol. The second-order valence-corrected chi connectivity index (χ2v) is 16.7. The van der Waals surface area contributed by atoms with E-state index in [0.717, 1.165) is 78.6 Å². The van der Waals surface area contributed by atoms with Gasteiger partial charge in [0, 0.05) is 38.3 Å². The zero-order valence-electron chi connectivity index (χ0n) is 32.8. The van der Waals surface area contributed by atoms with Gasteiger partial charge < -0.3 is 19.9 Å². The summed E-state index contributed by atoms with van der Waals surface area (Å²) in [5.74, 6) is -0.893. The molecule has 60 heavy (non-hydrogen) atoms. The summed E-state index contributed by atoms with van der Waals surface area (Å²) in [7, 11) is 0. The predicted octanol–water partition coefficient (Wildman–Crippen LogP) is 4.70. The second-order valence-electron chi connectivity index (χ2n) is 16.3. The fraction of sp³-hybridized carbons (Fsp3) is 0.429. The lowest BCUT2D eigenvalue weighted by Gasteiger charge is -2.38. The van der Waals surface area contributed by atoms with E-state index in [-0.39, 0.29) is 47.4 Å². The molecule has 3 saturated heterocycles. The van der Waals surface area contributed by atoms with Crippen molar-refractivity contribution in [3.63, 3.8) is 0 Å². The van der Waals surface area contributed by atoms with Crippen molar-refractivity contribution in [2.75, 3.05) is 29.4 Å². The molecule has 3 aromatic rings. The smallest absolute Gasteiger partial charge is 0.417 e. The Bertz CT molecular complexity index is 2340. The number of anilines is 2. The van der Waals surface area contributed by atoms with Crippen LogP contribution in [-0.4, -0.2) is 92.8 Å². The normalized spacial score (nSPS) is 23.2. The van der Waals surface area contributed by atoms with Crippen LogP contribution in [0.1, 0.15) is 89.8 Å². The molecule has 2 N–H and O–H groups in total. The summed E-state index contributed by atoms with van der Waals surface area (Å²) in [5.41, 5.74) is -1.71. The Morgan fingerprint density at radius 2 is 1.72 bits per heavy atom. The number of nitrogens with zero attached hydrogens (tertiary/aromatic N) is 6. The fourth-order valence-corrected chi connectivity index (χ4v) is 8.94. The first-order valence-electron chi connectivity index (χ1n) is 19.8. The number of nitrogens with one attached hydrogen (secondary N) is 2. The van der Waals surface area contributed by atoms with Gasteiger partial charge in [-0.3, -0.25) is 39.1 Å². The molecule has 312 valence electrons. The number of carbonyl (C=O) groups excluding carboxylic acids is 5. The molecule has 0 bridgehead atoms. The number of halogens is 3. The van der Waals surface area contributed by atoms with Crippen molar-refractivity contribution < 1.29 is 41.9 Å². The molecule has 0 spiro atoms. The third-order valence-electron chi connectivity index (χ3n) is 12.1. The van der Waals surface area contributed by atoms with Crippen LogP contribution in [0.25, 0.3) is 0 Å². The van der Waals surface area contributed by atoms with Gasteiger partial charge in [0.2, 0.25) is 11.8 Å². The highest BCUT2D eigenvalue weighted by molar-refractivity contribution is 7.80. The summed E-state index contributed by atoms with van der Waals surface area (Å²) >= 11 is 5.64. The van der Waals surface area contributed by atoms with Crippen LogP contribution in [0.4, 0.5) is 24.7 Å². The van der Waals surface area contributed by atoms with E-state index in [0.29, 0.717) is 17.7 Å². The monoisotopic (exact) mass is 842 g/mol. The number of carbonyl (C=O) groups is 5. The van der Waals surface area contributed by atoms with Crippen LogP contribution < -0.4 is 25.2 Å². The SMILES string of the molecule is CC1(C)C(=O)N(c2ccc(C#N)c(C(F)(F)F)c2)C(=S)N1Cc1ccc(N2CCC(CNC3CC(Oc4ccc5c(c4)C(=O)N([C@@H]4CCC(=O)NC4=O)C5=O)C3)CC2)nc1. The topological polar surface area (TPSA) is 168 Å². The lowest BCUT2D eigenvalue weighted by Crippen LogP contribution is -2.54. The molecule has 5 heterocycles. The highest BCUT2D eigenvalue weighted by atomic mass is 32.1. The van der Waals surface area contributed by atoms with E-state index in [1.54, 1.807) is 49.2 Å². The van der Waals surface area contributed by atoms with E-state index in [9.17, 15) is 42.4 Å². The predicted molar refractivity (Wildman–Crippen MR) is 214 cm³/mol. The van der Waals surface area contributed by atoms with E-state index >= 15 is 0 Å². The van der Waals surface area contributed by atoms with Gasteiger partial charge >= 0.3 is 6.18 Å². The van der Waals surface area contributed by atoms with Crippen molar-refractivity contribution in [1.82, 2.24) is 25.4 Å². The van der Waals surface area contributed by atoms with E-state index in [1.807, 2.05) is 12.1 Å². The fourth-order valence-electron chi connectivity index (χ4n) is 8.46. The van der Waals surface area contributed by atoms with Crippen molar-refractivity contribution in [1.29, 1.82) is 5.26 Å². The highest BCUT2D eigenvalue weighted by Gasteiger charge is 2.50. The molecule has 1 saturated carbocycles. The highest BCUT2D eigenvalue weighted by Crippen LogP contribution is 2.39. The molecule has 0 unspecified atom stereocenters. The lowest BCUT2D eigenvalue weighted by molar-refractivity contribution is -0.138. The van der Waals surface area contributed by atoms with E-state index in [4.69, 9.17) is 21.9 Å². The van der Waals surface area contributed by atoms with Gasteiger partial charge in [-0.15, -0.1) is 0 Å². The maximum Gasteiger partial charge on any atom is 0.417 e. The second kappa shape index (κ2) is 15.6. The third-order valence-corrected chi connectivity index (χ3v) is 12.5. The third kappa shape index (κ3) is 7.56. The number of piperidine rings is 2. The van der Waals surface area contributed by atoms with Gasteiger partial charge in [0.15, 0.2) is 5.11 Å². The summed E-state index contributed by atoms with van der Waals surface area (Å²) in [4.78, 5) is 74.2. The van der Waals surface area contributed by atoms with Gasteiger partial charge in [-0.2, -0.15) is 18.4 Å². The molecule has 5 aliphatic rings. The van der Waals surface area contributed by atoms with Gasteiger partial charge in [-0.25, -0.2) is 4.98 Å². The van der Waals surface area contributed by atoms with Crippen LogP contribution in [0.15, 0.2) is 54.7 Å². The number of aromatic nitrogens is 1. The quantitative estimate of drug-likeness (QED) is 0.214. The number of ether oxygens (including phenoxy) is 1. The summed E-state index contributed by atoms with van der Waals surface area (Å²) in [6, 6.07) is 12.6. The molecule has 5 amide bonds. The number of hydrogen-bond acceptors (Lipinski definition) is 11. The summed E-state index contributed by atoms with van der Waals surface area (Å²) < 4.78 is 47.2. The van der Waals surface area contributed by atoms with Gasteiger partial charge in [0.25, 0.3) is 17.7 Å². The first-order chi connectivity index (χ1) is 28.5. The molecule has 18 heteroatoms. The van der Waals surface area contributed by atoms with Crippen LogP contribution in [-0.2, 0) is 27.1 Å². The van der Waals surface area contributed by atoms with Crippen molar-refractivity contribution in [3.05, 3.63) is 82.5 Å². The summed E-state index contributed by atoms with van der Waals surface area (Å²) in [6.07, 6.45) is 0.578. The van der Waals surface area contributed by atoms with Crippen LogP contribution >= 0.6 is 12.2 Å². The Labute approximate surface area is 348 Å². The van der Waals surface area contributed by atoms with Crippen molar-refractivity contribution >= 4 is 58.4 Å². The molecule has 0 radical (unpaired) electrons. The Balaban J connectivity index is 0.785. The maximum absolute atomic E-state index is 13.7. The van der Waals surface area contributed by atoms with Crippen LogP contribution in [0.2, 0.25) is 0 Å². The molecular formula is C42H41F3N8O6S. The summed E-state index contributed by atoms with van der Waals surface area (Å²) in [5, 5.41) is 15.1. The average Bonchev–Trinajstić information content (AvgIpc) is 3.54. The van der Waals surface area contributed by atoms with Gasteiger partial charge in [-0.05, 0) is 119 Å². The minimum absolute atomic E-state index is 0.0459. The zero-order chi connectivity index (χ0) is 42.7. The van der Waals surface area contributed by atoms with Crippen LogP contribution in [0, 0.1) is 17.2 Å². The number of pyridine rings is 1. The standard InChI is InChI=1S/C42H41F3N8O6S/c1-41(2)39(58)52(27-5-4-25(19-46)32(17-27)42(43,44)45)40(60)51(41)22-24-3-9-34(48-21-24)50-13-11-23(12-14-50)20-47-26-15-29(16-26)59-28-6-7-30-31(18-28)38(57)53(37(30)56)33-8-10-35(54)49-36(33)55/h3-7,9,17-18,21,23,26,29,33,47H,8,10-16,20,22H2,1-2H3,(H,49,54,55)/t26?,29?,33-/m1/s1. The number of rotatable bonds is 10. The Morgan fingerprint density at radius 3 is 2.38 bits per heavy atom. The molecule has 4 aliphatic heterocycles. The van der Waals surface area contributed by atoms with Gasteiger partial charge in [0.1, 0.15) is 29.3 Å². The number of amides is 5. The molecule has 4 fully saturated rings. The number of imide groups is 2. The number of benzene rings is 2. The Morgan fingerprint density at radius 1 is 0.983 bits per heavy atom. The molecule has 2 aromatic carbocycles. The zero-order valence-corrected chi connectivity index (χ0v) is 33.6. The van der Waals surface area contributed by atoms with Crippen LogP contribution in [0.3, 0.4) is 0 Å². The molecule has 1 aromatic heterocycles. The number of alkyl halides is 3. The largest absolute Gasteiger partial charge is 0.490 e. The van der Waals surface area contributed by atoms with Crippen molar-refractivity contribution in [2.24, 2.45) is 5.92 Å². The first-order valence-corrected chi connectivity index (χ1v) is 20.2. The number of thiocarbonyl (C=S) groups is 1. The summed E-state index contributed by atoms with van der Waals surface area (Å²) in [6.45, 7) is 6.06.